The first-order valence-corrected chi connectivity index (χ1v) is 5.25. The third-order valence-corrected chi connectivity index (χ3v) is 2.27. The number of aliphatic hydroxyl groups is 1. The molecule has 8 heteroatoms. The quantitative estimate of drug-likeness (QED) is 0.270. The number of hydrogen-bond acceptors (Lipinski definition) is 6. The molecular weight excluding hydrogens is 242 g/mol. The van der Waals surface area contributed by atoms with Crippen molar-refractivity contribution in [2.45, 2.75) is 25.4 Å². The van der Waals surface area contributed by atoms with Crippen LogP contribution < -0.4 is 16.8 Å². The lowest BCUT2D eigenvalue weighted by Crippen LogP contribution is -2.49. The first kappa shape index (κ1) is 16.2. The molecule has 1 unspecified atom stereocenters. The topological polar surface area (TPSA) is 153 Å². The van der Waals surface area contributed by atoms with Gasteiger partial charge in [-0.05, 0) is 6.42 Å². The van der Waals surface area contributed by atoms with Gasteiger partial charge >= 0.3 is 0 Å². The lowest BCUT2D eigenvalue weighted by atomic mass is 9.91. The summed E-state index contributed by atoms with van der Waals surface area (Å²) in [6, 6.07) is -2.25. The Morgan fingerprint density at radius 3 is 2.28 bits per heavy atom. The third kappa shape index (κ3) is 5.02. The van der Waals surface area contributed by atoms with Gasteiger partial charge in [0.25, 0.3) is 0 Å². The Bertz CT molecular complexity index is 344. The van der Waals surface area contributed by atoms with E-state index in [0.29, 0.717) is 6.29 Å². The second kappa shape index (κ2) is 7.51. The Morgan fingerprint density at radius 1 is 1.39 bits per heavy atom. The number of Topliss-reactive ketones (excluding diaryl/α,β-unsaturated/α-hetero) is 1. The number of carbonyl (C=O) groups is 4. The number of aldehydes is 1. The Morgan fingerprint density at radius 2 is 1.94 bits per heavy atom. The zero-order valence-corrected chi connectivity index (χ0v) is 9.96. The maximum Gasteiger partial charge on any atom is 0.228 e. The van der Waals surface area contributed by atoms with E-state index < -0.39 is 42.2 Å². The van der Waals surface area contributed by atoms with E-state index in [0.717, 1.165) is 6.92 Å². The highest BCUT2D eigenvalue weighted by atomic mass is 16.3. The van der Waals surface area contributed by atoms with Crippen LogP contribution in [0.4, 0.5) is 0 Å². The van der Waals surface area contributed by atoms with Crippen LogP contribution in [0.5, 0.6) is 0 Å². The molecule has 0 aliphatic heterocycles. The van der Waals surface area contributed by atoms with Crippen LogP contribution in [-0.4, -0.2) is 47.7 Å². The average Bonchev–Trinajstić information content (AvgIpc) is 2.31. The number of hydrogen-bond donors (Lipinski definition) is 4. The maximum absolute atomic E-state index is 11.9. The van der Waals surface area contributed by atoms with Crippen molar-refractivity contribution in [3.8, 4) is 0 Å². The van der Waals surface area contributed by atoms with Gasteiger partial charge in [-0.2, -0.15) is 0 Å². The van der Waals surface area contributed by atoms with Crippen molar-refractivity contribution < 1.29 is 24.3 Å². The molecule has 0 bridgehead atoms. The Labute approximate surface area is 104 Å². The van der Waals surface area contributed by atoms with E-state index >= 15 is 0 Å². The number of aliphatic hydroxyl groups excluding tert-OH is 1. The Balaban J connectivity index is 4.87. The van der Waals surface area contributed by atoms with Crippen LogP contribution in [0.1, 0.15) is 13.3 Å². The predicted octanol–water partition coefficient (Wildman–Crippen LogP) is -2.93. The van der Waals surface area contributed by atoms with E-state index in [9.17, 15) is 19.2 Å². The molecule has 102 valence electrons. The SMILES string of the molecule is CC(=O)N[C@@H](CO)C(=O)C(C[C@H](N)C=O)C(N)=O. The van der Waals surface area contributed by atoms with Crippen molar-refractivity contribution in [3.05, 3.63) is 0 Å². The van der Waals surface area contributed by atoms with Gasteiger partial charge in [0.1, 0.15) is 18.2 Å². The van der Waals surface area contributed by atoms with E-state index in [2.05, 4.69) is 5.32 Å². The zero-order chi connectivity index (χ0) is 14.3. The van der Waals surface area contributed by atoms with Gasteiger partial charge in [-0.25, -0.2) is 0 Å². The first-order chi connectivity index (χ1) is 8.33. The average molecular weight is 259 g/mol. The Hall–Kier alpha value is -1.80. The summed E-state index contributed by atoms with van der Waals surface area (Å²) in [6.07, 6.45) is 0.128. The fraction of sp³-hybridized carbons (Fsp3) is 0.600. The lowest BCUT2D eigenvalue weighted by Gasteiger charge is -2.20. The summed E-state index contributed by atoms with van der Waals surface area (Å²) >= 11 is 0. The third-order valence-electron chi connectivity index (χ3n) is 2.27. The van der Waals surface area contributed by atoms with Crippen molar-refractivity contribution in [2.75, 3.05) is 6.61 Å². The van der Waals surface area contributed by atoms with Gasteiger partial charge in [-0.1, -0.05) is 0 Å². The van der Waals surface area contributed by atoms with Crippen LogP contribution in [-0.2, 0) is 19.2 Å². The van der Waals surface area contributed by atoms with E-state index in [1.54, 1.807) is 0 Å². The minimum absolute atomic E-state index is 0.256. The summed E-state index contributed by atoms with van der Waals surface area (Å²) in [6.45, 7) is 0.491. The minimum atomic E-state index is -1.32. The van der Waals surface area contributed by atoms with Crippen molar-refractivity contribution in [1.82, 2.24) is 5.32 Å². The summed E-state index contributed by atoms with van der Waals surface area (Å²) in [5.41, 5.74) is 10.4. The predicted molar refractivity (Wildman–Crippen MR) is 61.0 cm³/mol. The van der Waals surface area contributed by atoms with Crippen LogP contribution in [0.25, 0.3) is 0 Å². The van der Waals surface area contributed by atoms with Gasteiger partial charge in [0.05, 0.1) is 12.6 Å². The summed E-state index contributed by atoms with van der Waals surface area (Å²) < 4.78 is 0. The van der Waals surface area contributed by atoms with Crippen molar-refractivity contribution in [2.24, 2.45) is 17.4 Å². The molecular formula is C10H17N3O5. The number of nitrogens with one attached hydrogen (secondary N) is 1. The standard InChI is InChI=1S/C10H17N3O5/c1-5(16)13-8(4-15)9(17)7(10(12)18)2-6(11)3-14/h3,6-8,15H,2,4,11H2,1H3,(H2,12,18)(H,13,16)/t6-,7?,8-/m0/s1. The van der Waals surface area contributed by atoms with E-state index in [1.165, 1.54) is 0 Å². The highest BCUT2D eigenvalue weighted by molar-refractivity contribution is 6.04. The van der Waals surface area contributed by atoms with Crippen molar-refractivity contribution in [3.63, 3.8) is 0 Å². The summed E-state index contributed by atoms with van der Waals surface area (Å²) in [7, 11) is 0. The molecule has 0 aliphatic rings. The first-order valence-electron chi connectivity index (χ1n) is 5.25. The smallest absolute Gasteiger partial charge is 0.228 e. The summed E-state index contributed by atoms with van der Waals surface area (Å²) in [4.78, 5) is 44.2. The van der Waals surface area contributed by atoms with Gasteiger partial charge in [0.15, 0.2) is 5.78 Å². The molecule has 0 aromatic rings. The van der Waals surface area contributed by atoms with Gasteiger partial charge in [-0.3, -0.25) is 14.4 Å². The molecule has 0 aromatic carbocycles. The summed E-state index contributed by atoms with van der Waals surface area (Å²) in [5.74, 6) is -3.59. The largest absolute Gasteiger partial charge is 0.394 e. The highest BCUT2D eigenvalue weighted by Gasteiger charge is 2.32. The number of amides is 2. The molecule has 0 saturated carbocycles. The van der Waals surface area contributed by atoms with Crippen LogP contribution >= 0.6 is 0 Å². The second-order valence-corrected chi connectivity index (χ2v) is 3.83. The number of rotatable bonds is 8. The number of primary amides is 1. The molecule has 3 atom stereocenters. The molecule has 0 radical (unpaired) electrons. The zero-order valence-electron chi connectivity index (χ0n) is 9.96. The van der Waals surface area contributed by atoms with Crippen LogP contribution in [0.3, 0.4) is 0 Å². The number of carbonyl (C=O) groups excluding carboxylic acids is 4. The molecule has 2 amide bonds. The lowest BCUT2D eigenvalue weighted by molar-refractivity contribution is -0.136. The number of ketones is 1. The molecule has 6 N–H and O–H groups in total. The molecule has 18 heavy (non-hydrogen) atoms. The van der Waals surface area contributed by atoms with Gasteiger partial charge in [-0.15, -0.1) is 0 Å². The van der Waals surface area contributed by atoms with Crippen molar-refractivity contribution >= 4 is 23.9 Å². The van der Waals surface area contributed by atoms with Crippen molar-refractivity contribution in [1.29, 1.82) is 0 Å². The molecule has 0 heterocycles. The van der Waals surface area contributed by atoms with E-state index in [1.807, 2.05) is 0 Å². The molecule has 0 fully saturated rings. The van der Waals surface area contributed by atoms with Gasteiger partial charge in [0, 0.05) is 6.92 Å². The minimum Gasteiger partial charge on any atom is -0.394 e. The maximum atomic E-state index is 11.9. The molecule has 0 aromatic heterocycles. The highest BCUT2D eigenvalue weighted by Crippen LogP contribution is 2.09. The summed E-state index contributed by atoms with van der Waals surface area (Å²) in [5, 5.41) is 11.2. The molecule has 0 aliphatic carbocycles. The van der Waals surface area contributed by atoms with Crippen LogP contribution in [0.15, 0.2) is 0 Å². The molecule has 8 nitrogen and oxygen atoms in total. The fourth-order valence-electron chi connectivity index (χ4n) is 1.40. The molecule has 0 saturated heterocycles. The monoisotopic (exact) mass is 259 g/mol. The second-order valence-electron chi connectivity index (χ2n) is 3.83. The van der Waals surface area contributed by atoms with Gasteiger partial charge < -0.3 is 26.7 Å². The van der Waals surface area contributed by atoms with Crippen LogP contribution in [0.2, 0.25) is 0 Å². The van der Waals surface area contributed by atoms with E-state index in [-0.39, 0.29) is 6.42 Å². The number of nitrogens with two attached hydrogens (primary N) is 2. The molecule has 0 rings (SSSR count). The fourth-order valence-corrected chi connectivity index (χ4v) is 1.40. The van der Waals surface area contributed by atoms with E-state index in [4.69, 9.17) is 16.6 Å². The van der Waals surface area contributed by atoms with Gasteiger partial charge in [0.2, 0.25) is 11.8 Å². The Kier molecular flexibility index (Phi) is 6.76. The van der Waals surface area contributed by atoms with Crippen LogP contribution in [0, 0.1) is 5.92 Å². The normalized spacial score (nSPS) is 15.3. The molecule has 0 spiro atoms.